The van der Waals surface area contributed by atoms with Gasteiger partial charge in [0.15, 0.2) is 0 Å². The molecule has 2 heterocycles. The molecule has 2 aromatic heterocycles. The Labute approximate surface area is 166 Å². The first-order valence-electron chi connectivity index (χ1n) is 8.65. The summed E-state index contributed by atoms with van der Waals surface area (Å²) in [5.41, 5.74) is 4.35. The summed E-state index contributed by atoms with van der Waals surface area (Å²) in [4.78, 5) is 15.4. The SMILES string of the molecule is C#Cc1ccc2ncc(-c3ccc(C(=O)O)c(C)c3)n2c1.CNCCC(F)(F)F. The molecular weight excluding hydrogens is 383 g/mol. The zero-order chi connectivity index (χ0) is 21.6. The number of carboxylic acid groups (broad SMARTS) is 1. The predicted octanol–water partition coefficient (Wildman–Crippen LogP) is 4.15. The first-order chi connectivity index (χ1) is 13.7. The Morgan fingerprint density at radius 1 is 1.31 bits per heavy atom. The van der Waals surface area contributed by atoms with Crippen molar-refractivity contribution < 1.29 is 23.1 Å². The minimum Gasteiger partial charge on any atom is -0.478 e. The van der Waals surface area contributed by atoms with Gasteiger partial charge in [-0.3, -0.25) is 4.40 Å². The Balaban J connectivity index is 0.000000321. The third kappa shape index (κ3) is 5.83. The topological polar surface area (TPSA) is 66.6 Å². The van der Waals surface area contributed by atoms with Crippen LogP contribution in [0.15, 0.2) is 42.7 Å². The molecule has 0 amide bonds. The van der Waals surface area contributed by atoms with Crippen LogP contribution in [0.1, 0.15) is 27.9 Å². The van der Waals surface area contributed by atoms with Gasteiger partial charge in [-0.1, -0.05) is 12.0 Å². The van der Waals surface area contributed by atoms with Crippen molar-refractivity contribution in [3.05, 3.63) is 59.4 Å². The number of benzene rings is 1. The van der Waals surface area contributed by atoms with Gasteiger partial charge in [0.05, 0.1) is 23.9 Å². The van der Waals surface area contributed by atoms with Gasteiger partial charge in [-0.05, 0) is 43.8 Å². The fourth-order valence-corrected chi connectivity index (χ4v) is 2.61. The molecule has 0 saturated carbocycles. The van der Waals surface area contributed by atoms with E-state index in [4.69, 9.17) is 11.5 Å². The fraction of sp³-hybridized carbons (Fsp3) is 0.238. The van der Waals surface area contributed by atoms with Gasteiger partial charge in [-0.25, -0.2) is 9.78 Å². The van der Waals surface area contributed by atoms with Crippen LogP contribution in [0.25, 0.3) is 16.9 Å². The summed E-state index contributed by atoms with van der Waals surface area (Å²) in [5, 5.41) is 11.5. The number of aromatic carboxylic acids is 1. The van der Waals surface area contributed by atoms with Crippen LogP contribution < -0.4 is 5.32 Å². The lowest BCUT2D eigenvalue weighted by Crippen LogP contribution is -2.17. The Hall–Kier alpha value is -3.31. The molecule has 1 aromatic carbocycles. The molecule has 8 heteroatoms. The smallest absolute Gasteiger partial charge is 0.390 e. The highest BCUT2D eigenvalue weighted by Gasteiger charge is 2.25. The number of imidazole rings is 1. The second-order valence-corrected chi connectivity index (χ2v) is 6.24. The number of carbonyl (C=O) groups is 1. The molecule has 0 fully saturated rings. The van der Waals surface area contributed by atoms with Crippen molar-refractivity contribution in [3.63, 3.8) is 0 Å². The van der Waals surface area contributed by atoms with Crippen molar-refractivity contribution >= 4 is 11.6 Å². The average molecular weight is 403 g/mol. The van der Waals surface area contributed by atoms with Crippen molar-refractivity contribution in [2.24, 2.45) is 0 Å². The van der Waals surface area contributed by atoms with Crippen molar-refractivity contribution in [2.75, 3.05) is 13.6 Å². The fourth-order valence-electron chi connectivity index (χ4n) is 2.61. The van der Waals surface area contributed by atoms with E-state index in [1.54, 1.807) is 25.3 Å². The van der Waals surface area contributed by atoms with Crippen LogP contribution in [-0.2, 0) is 0 Å². The van der Waals surface area contributed by atoms with Crippen LogP contribution in [0, 0.1) is 19.3 Å². The summed E-state index contributed by atoms with van der Waals surface area (Å²) < 4.78 is 35.5. The number of alkyl halides is 3. The number of hydrogen-bond donors (Lipinski definition) is 2. The predicted molar refractivity (Wildman–Crippen MR) is 105 cm³/mol. The second-order valence-electron chi connectivity index (χ2n) is 6.24. The highest BCUT2D eigenvalue weighted by Crippen LogP contribution is 2.24. The molecule has 0 spiro atoms. The van der Waals surface area contributed by atoms with E-state index < -0.39 is 18.6 Å². The van der Waals surface area contributed by atoms with E-state index in [-0.39, 0.29) is 6.54 Å². The zero-order valence-corrected chi connectivity index (χ0v) is 15.9. The molecule has 0 bridgehead atoms. The monoisotopic (exact) mass is 403 g/mol. The van der Waals surface area contributed by atoms with Gasteiger partial charge in [-0.2, -0.15) is 13.2 Å². The maximum absolute atomic E-state index is 11.2. The van der Waals surface area contributed by atoms with E-state index in [0.29, 0.717) is 11.1 Å². The number of aromatic nitrogens is 2. The standard InChI is InChI=1S/C17H12N2O2.C4H8F3N/c1-3-12-4-7-16-18-9-15(19(16)10-12)13-5-6-14(17(20)21)11(2)8-13;1-8-3-2-4(5,6)7/h1,4-10H,2H3,(H,20,21);8H,2-3H2,1H3. The van der Waals surface area contributed by atoms with Gasteiger partial charge in [0.25, 0.3) is 0 Å². The Morgan fingerprint density at radius 3 is 2.55 bits per heavy atom. The summed E-state index contributed by atoms with van der Waals surface area (Å²) >= 11 is 0. The van der Waals surface area contributed by atoms with Gasteiger partial charge in [0.2, 0.25) is 0 Å². The summed E-state index contributed by atoms with van der Waals surface area (Å²) in [6.45, 7) is 1.78. The average Bonchev–Trinajstić information content (AvgIpc) is 3.09. The third-order valence-electron chi connectivity index (χ3n) is 4.08. The third-order valence-corrected chi connectivity index (χ3v) is 4.08. The highest BCUT2D eigenvalue weighted by atomic mass is 19.4. The lowest BCUT2D eigenvalue weighted by Gasteiger charge is -2.06. The molecule has 3 rings (SSSR count). The molecule has 0 aliphatic heterocycles. The molecule has 0 aliphatic carbocycles. The summed E-state index contributed by atoms with van der Waals surface area (Å²) in [7, 11) is 1.49. The Kier molecular flexibility index (Phi) is 7.02. The number of aryl methyl sites for hydroxylation is 1. The number of terminal acetylenes is 1. The lowest BCUT2D eigenvalue weighted by atomic mass is 10.0. The van der Waals surface area contributed by atoms with E-state index >= 15 is 0 Å². The summed E-state index contributed by atoms with van der Waals surface area (Å²) in [6.07, 6.45) is 4.27. The molecule has 0 aliphatic rings. The van der Waals surface area contributed by atoms with Crippen molar-refractivity contribution in [2.45, 2.75) is 19.5 Å². The maximum atomic E-state index is 11.2. The summed E-state index contributed by atoms with van der Waals surface area (Å²) in [5.74, 6) is 1.67. The number of carboxylic acids is 1. The van der Waals surface area contributed by atoms with Gasteiger partial charge in [-0.15, -0.1) is 6.42 Å². The number of hydrogen-bond acceptors (Lipinski definition) is 3. The number of nitrogens with one attached hydrogen (secondary N) is 1. The van der Waals surface area contributed by atoms with Gasteiger partial charge in [0, 0.05) is 23.9 Å². The number of pyridine rings is 1. The van der Waals surface area contributed by atoms with E-state index in [2.05, 4.69) is 16.2 Å². The summed E-state index contributed by atoms with van der Waals surface area (Å²) in [6, 6.07) is 8.93. The number of rotatable bonds is 4. The largest absolute Gasteiger partial charge is 0.478 e. The molecule has 0 radical (unpaired) electrons. The van der Waals surface area contributed by atoms with Crippen molar-refractivity contribution in [1.82, 2.24) is 14.7 Å². The van der Waals surface area contributed by atoms with Crippen LogP contribution in [0.3, 0.4) is 0 Å². The molecule has 0 saturated heterocycles. The molecule has 0 unspecified atom stereocenters. The molecule has 3 aromatic rings. The first-order valence-corrected chi connectivity index (χ1v) is 8.65. The quantitative estimate of drug-likeness (QED) is 0.643. The first kappa shape index (κ1) is 22.0. The van der Waals surface area contributed by atoms with Crippen LogP contribution in [0.2, 0.25) is 0 Å². The van der Waals surface area contributed by atoms with Crippen LogP contribution in [0.4, 0.5) is 13.2 Å². The van der Waals surface area contributed by atoms with E-state index in [1.165, 1.54) is 7.05 Å². The van der Waals surface area contributed by atoms with Crippen molar-refractivity contribution in [1.29, 1.82) is 0 Å². The van der Waals surface area contributed by atoms with Crippen molar-refractivity contribution in [3.8, 4) is 23.6 Å². The van der Waals surface area contributed by atoms with E-state index in [0.717, 1.165) is 22.5 Å². The number of halogens is 3. The zero-order valence-electron chi connectivity index (χ0n) is 15.9. The lowest BCUT2D eigenvalue weighted by molar-refractivity contribution is -0.133. The minimum atomic E-state index is -4.01. The van der Waals surface area contributed by atoms with E-state index in [1.807, 2.05) is 28.8 Å². The molecule has 2 N–H and O–H groups in total. The Bertz CT molecular complexity index is 1050. The van der Waals surface area contributed by atoms with Crippen LogP contribution in [-0.4, -0.2) is 40.2 Å². The number of nitrogens with zero attached hydrogens (tertiary/aromatic N) is 2. The Morgan fingerprint density at radius 2 is 2.03 bits per heavy atom. The van der Waals surface area contributed by atoms with Crippen LogP contribution >= 0.6 is 0 Å². The van der Waals surface area contributed by atoms with Gasteiger partial charge < -0.3 is 10.4 Å². The molecule has 152 valence electrons. The van der Waals surface area contributed by atoms with E-state index in [9.17, 15) is 18.0 Å². The molecule has 0 atom stereocenters. The maximum Gasteiger partial charge on any atom is 0.390 e. The molecule has 29 heavy (non-hydrogen) atoms. The van der Waals surface area contributed by atoms with Gasteiger partial charge in [0.1, 0.15) is 5.65 Å². The van der Waals surface area contributed by atoms with Gasteiger partial charge >= 0.3 is 12.1 Å². The molecular formula is C21H20F3N3O2. The number of fused-ring (bicyclic) bond motifs is 1. The minimum absolute atomic E-state index is 0.00347. The highest BCUT2D eigenvalue weighted by molar-refractivity contribution is 5.90. The van der Waals surface area contributed by atoms with Crippen LogP contribution in [0.5, 0.6) is 0 Å². The second kappa shape index (κ2) is 9.26. The molecule has 5 nitrogen and oxygen atoms in total. The normalized spacial score (nSPS) is 10.9.